The Morgan fingerprint density at radius 3 is 2.96 bits per heavy atom. The number of carbonyl (C=O) groups excluding carboxylic acids is 2. The topological polar surface area (TPSA) is 61.9 Å². The summed E-state index contributed by atoms with van der Waals surface area (Å²) < 4.78 is 5.29. The number of ether oxygens (including phenoxy) is 1. The van der Waals surface area contributed by atoms with Gasteiger partial charge >= 0.3 is 0 Å². The number of nitrogens with zero attached hydrogens (tertiary/aromatic N) is 2. The third-order valence-electron chi connectivity index (χ3n) is 4.64. The molecular weight excluding hydrogens is 330 g/mol. The summed E-state index contributed by atoms with van der Waals surface area (Å²) in [5.41, 5.74) is 0.509. The maximum atomic E-state index is 12.9. The first-order chi connectivity index (χ1) is 11.6. The molecule has 1 atom stereocenters. The Labute approximate surface area is 146 Å². The lowest BCUT2D eigenvalue weighted by atomic mass is 10.0. The lowest BCUT2D eigenvalue weighted by Crippen LogP contribution is -2.57. The van der Waals surface area contributed by atoms with E-state index < -0.39 is 0 Å². The van der Waals surface area contributed by atoms with E-state index in [4.69, 9.17) is 16.3 Å². The van der Waals surface area contributed by atoms with Crippen molar-refractivity contribution in [1.29, 1.82) is 0 Å². The highest BCUT2D eigenvalue weighted by molar-refractivity contribution is 6.30. The van der Waals surface area contributed by atoms with E-state index in [0.29, 0.717) is 42.5 Å². The summed E-state index contributed by atoms with van der Waals surface area (Å²) in [4.78, 5) is 28.7. The Balaban J connectivity index is 1.74. The van der Waals surface area contributed by atoms with Crippen LogP contribution in [0.15, 0.2) is 18.2 Å². The normalized spacial score (nSPS) is 21.8. The van der Waals surface area contributed by atoms with Crippen molar-refractivity contribution in [2.75, 3.05) is 39.8 Å². The first-order valence-corrected chi connectivity index (χ1v) is 8.61. The molecule has 24 heavy (non-hydrogen) atoms. The molecule has 2 aliphatic heterocycles. The average molecular weight is 352 g/mol. The van der Waals surface area contributed by atoms with Crippen LogP contribution in [0.5, 0.6) is 5.75 Å². The van der Waals surface area contributed by atoms with Gasteiger partial charge in [0.25, 0.3) is 5.91 Å². The Morgan fingerprint density at radius 1 is 1.38 bits per heavy atom. The Bertz CT molecular complexity index is 638. The predicted molar refractivity (Wildman–Crippen MR) is 91.5 cm³/mol. The molecule has 2 saturated heterocycles. The van der Waals surface area contributed by atoms with Crippen LogP contribution in [0.2, 0.25) is 5.02 Å². The molecular formula is C17H22ClN3O3. The number of benzene rings is 1. The van der Waals surface area contributed by atoms with Gasteiger partial charge < -0.3 is 19.9 Å². The van der Waals surface area contributed by atoms with Gasteiger partial charge in [0, 0.05) is 37.2 Å². The van der Waals surface area contributed by atoms with Gasteiger partial charge in [0.1, 0.15) is 5.75 Å². The fourth-order valence-electron chi connectivity index (χ4n) is 3.41. The number of amides is 2. The third kappa shape index (κ3) is 3.49. The van der Waals surface area contributed by atoms with E-state index in [2.05, 4.69) is 5.32 Å². The van der Waals surface area contributed by atoms with Crippen LogP contribution in [0.25, 0.3) is 0 Å². The molecule has 0 aromatic heterocycles. The van der Waals surface area contributed by atoms with Gasteiger partial charge in [-0.2, -0.15) is 0 Å². The fourth-order valence-corrected chi connectivity index (χ4v) is 3.58. The van der Waals surface area contributed by atoms with Crippen LogP contribution in [-0.4, -0.2) is 67.5 Å². The molecule has 0 saturated carbocycles. The van der Waals surface area contributed by atoms with Gasteiger partial charge in [0.15, 0.2) is 0 Å². The second-order valence-electron chi connectivity index (χ2n) is 6.16. The van der Waals surface area contributed by atoms with Gasteiger partial charge in [0.2, 0.25) is 5.91 Å². The molecule has 0 radical (unpaired) electrons. The maximum Gasteiger partial charge on any atom is 0.257 e. The van der Waals surface area contributed by atoms with Gasteiger partial charge in [-0.05, 0) is 31.0 Å². The highest BCUT2D eigenvalue weighted by Crippen LogP contribution is 2.26. The summed E-state index contributed by atoms with van der Waals surface area (Å²) in [7, 11) is 1.53. The van der Waals surface area contributed by atoms with Gasteiger partial charge in [-0.15, -0.1) is 0 Å². The minimum absolute atomic E-state index is 0.0733. The molecule has 2 heterocycles. The molecule has 3 rings (SSSR count). The fraction of sp³-hybridized carbons (Fsp3) is 0.529. The largest absolute Gasteiger partial charge is 0.496 e. The third-order valence-corrected chi connectivity index (χ3v) is 4.88. The van der Waals surface area contributed by atoms with Crippen LogP contribution in [0, 0.1) is 0 Å². The predicted octanol–water partition coefficient (Wildman–Crippen LogP) is 1.38. The number of hydrogen-bond donors (Lipinski definition) is 1. The molecule has 1 aromatic rings. The SMILES string of the molecule is COc1cc(Cl)ccc1C(=O)N1CCCC(N2CCNCC2=O)C1. The number of nitrogens with one attached hydrogen (secondary N) is 1. The first-order valence-electron chi connectivity index (χ1n) is 8.23. The van der Waals surface area contributed by atoms with E-state index in [1.54, 1.807) is 18.2 Å². The number of halogens is 1. The second-order valence-corrected chi connectivity index (χ2v) is 6.59. The minimum atomic E-state index is -0.0733. The molecule has 130 valence electrons. The van der Waals surface area contributed by atoms with Crippen LogP contribution >= 0.6 is 11.6 Å². The molecule has 1 N–H and O–H groups in total. The smallest absolute Gasteiger partial charge is 0.257 e. The number of piperidine rings is 1. The number of hydrogen-bond acceptors (Lipinski definition) is 4. The number of carbonyl (C=O) groups is 2. The monoisotopic (exact) mass is 351 g/mol. The number of likely N-dealkylation sites (tertiary alicyclic amines) is 1. The van der Waals surface area contributed by atoms with Gasteiger partial charge in [-0.25, -0.2) is 0 Å². The molecule has 7 heteroatoms. The molecule has 0 aliphatic carbocycles. The van der Waals surface area contributed by atoms with E-state index in [1.165, 1.54) is 7.11 Å². The Morgan fingerprint density at radius 2 is 2.21 bits per heavy atom. The van der Waals surface area contributed by atoms with E-state index in [9.17, 15) is 9.59 Å². The molecule has 1 unspecified atom stereocenters. The summed E-state index contributed by atoms with van der Waals surface area (Å²) >= 11 is 5.97. The van der Waals surface area contributed by atoms with E-state index in [-0.39, 0.29) is 17.9 Å². The quantitative estimate of drug-likeness (QED) is 0.893. The van der Waals surface area contributed by atoms with Crippen LogP contribution < -0.4 is 10.1 Å². The number of rotatable bonds is 3. The van der Waals surface area contributed by atoms with Gasteiger partial charge in [-0.3, -0.25) is 9.59 Å². The number of piperazine rings is 1. The summed E-state index contributed by atoms with van der Waals surface area (Å²) in [5.74, 6) is 0.522. The van der Waals surface area contributed by atoms with Gasteiger partial charge in [0.05, 0.1) is 19.2 Å². The molecule has 0 bridgehead atoms. The standard InChI is InChI=1S/C17H22ClN3O3/c1-24-15-9-12(18)4-5-14(15)17(23)20-7-2-3-13(11-20)21-8-6-19-10-16(21)22/h4-5,9,13,19H,2-3,6-8,10-11H2,1H3. The highest BCUT2D eigenvalue weighted by atomic mass is 35.5. The number of methoxy groups -OCH3 is 1. The van der Waals surface area contributed by atoms with Crippen LogP contribution in [-0.2, 0) is 4.79 Å². The van der Waals surface area contributed by atoms with E-state index in [1.807, 2.05) is 9.80 Å². The van der Waals surface area contributed by atoms with Crippen LogP contribution in [0.1, 0.15) is 23.2 Å². The Hall–Kier alpha value is -1.79. The van der Waals surface area contributed by atoms with Crippen LogP contribution in [0.4, 0.5) is 0 Å². The minimum Gasteiger partial charge on any atom is -0.496 e. The van der Waals surface area contributed by atoms with Crippen molar-refractivity contribution >= 4 is 23.4 Å². The lowest BCUT2D eigenvalue weighted by Gasteiger charge is -2.41. The first kappa shape index (κ1) is 17.0. The van der Waals surface area contributed by atoms with Crippen molar-refractivity contribution in [3.05, 3.63) is 28.8 Å². The molecule has 2 aliphatic rings. The summed E-state index contributed by atoms with van der Waals surface area (Å²) in [6, 6.07) is 5.13. The van der Waals surface area contributed by atoms with Crippen molar-refractivity contribution in [3.8, 4) is 5.75 Å². The molecule has 2 amide bonds. The molecule has 0 spiro atoms. The van der Waals surface area contributed by atoms with E-state index >= 15 is 0 Å². The summed E-state index contributed by atoms with van der Waals surface area (Å²) in [5, 5.41) is 3.62. The van der Waals surface area contributed by atoms with Crippen LogP contribution in [0.3, 0.4) is 0 Å². The second kappa shape index (κ2) is 7.40. The zero-order valence-corrected chi connectivity index (χ0v) is 14.5. The average Bonchev–Trinajstić information content (AvgIpc) is 2.61. The molecule has 2 fully saturated rings. The highest BCUT2D eigenvalue weighted by Gasteiger charge is 2.32. The summed E-state index contributed by atoms with van der Waals surface area (Å²) in [6.45, 7) is 3.16. The Kier molecular flexibility index (Phi) is 5.26. The zero-order chi connectivity index (χ0) is 17.1. The summed E-state index contributed by atoms with van der Waals surface area (Å²) in [6.07, 6.45) is 1.83. The van der Waals surface area contributed by atoms with Crippen molar-refractivity contribution in [1.82, 2.24) is 15.1 Å². The van der Waals surface area contributed by atoms with Crippen molar-refractivity contribution < 1.29 is 14.3 Å². The zero-order valence-electron chi connectivity index (χ0n) is 13.8. The van der Waals surface area contributed by atoms with Crippen molar-refractivity contribution in [2.24, 2.45) is 0 Å². The molecule has 1 aromatic carbocycles. The van der Waals surface area contributed by atoms with E-state index in [0.717, 1.165) is 19.4 Å². The van der Waals surface area contributed by atoms with Crippen molar-refractivity contribution in [2.45, 2.75) is 18.9 Å². The maximum absolute atomic E-state index is 12.9. The lowest BCUT2D eigenvalue weighted by molar-refractivity contribution is -0.135. The molecule has 6 nitrogen and oxygen atoms in total. The van der Waals surface area contributed by atoms with Gasteiger partial charge in [-0.1, -0.05) is 11.6 Å². The van der Waals surface area contributed by atoms with Crippen molar-refractivity contribution in [3.63, 3.8) is 0 Å².